The first-order chi connectivity index (χ1) is 11.8. The number of hydrogen-bond acceptors (Lipinski definition) is 2. The van der Waals surface area contributed by atoms with Crippen LogP contribution >= 0.6 is 0 Å². The van der Waals surface area contributed by atoms with Crippen molar-refractivity contribution in [2.45, 2.75) is 26.1 Å². The first-order valence-corrected chi connectivity index (χ1v) is 8.14. The van der Waals surface area contributed by atoms with Gasteiger partial charge in [-0.05, 0) is 28.6 Å². The predicted octanol–water partition coefficient (Wildman–Crippen LogP) is 3.49. The standard InChI is InChI=1S/C20H22N2O2/c1-24-15-18-8-3-2-7-17(18)14-21-20(23)11-13-22-12-10-16-6-4-5-9-19(16)22/h2-10,12H,11,13-15H2,1H3,(H,21,23). The number of aryl methyl sites for hydroxylation is 1. The maximum Gasteiger partial charge on any atom is 0.222 e. The Morgan fingerprint density at radius 3 is 2.62 bits per heavy atom. The summed E-state index contributed by atoms with van der Waals surface area (Å²) in [7, 11) is 1.68. The van der Waals surface area contributed by atoms with Crippen LogP contribution in [0.1, 0.15) is 17.5 Å². The van der Waals surface area contributed by atoms with E-state index in [1.54, 1.807) is 7.11 Å². The molecule has 0 spiro atoms. The SMILES string of the molecule is COCc1ccccc1CNC(=O)CCn1ccc2ccccc21. The number of benzene rings is 2. The van der Waals surface area contributed by atoms with Crippen LogP contribution < -0.4 is 5.32 Å². The van der Waals surface area contributed by atoms with Gasteiger partial charge in [-0.3, -0.25) is 4.79 Å². The van der Waals surface area contributed by atoms with Crippen LogP contribution in [0.4, 0.5) is 0 Å². The van der Waals surface area contributed by atoms with E-state index in [4.69, 9.17) is 4.74 Å². The summed E-state index contributed by atoms with van der Waals surface area (Å²) in [6.45, 7) is 1.77. The van der Waals surface area contributed by atoms with Crippen LogP contribution in [0.5, 0.6) is 0 Å². The summed E-state index contributed by atoms with van der Waals surface area (Å²) in [5.74, 6) is 0.0556. The fourth-order valence-electron chi connectivity index (χ4n) is 2.87. The highest BCUT2D eigenvalue weighted by atomic mass is 16.5. The van der Waals surface area contributed by atoms with Crippen molar-refractivity contribution in [2.75, 3.05) is 7.11 Å². The second-order valence-electron chi connectivity index (χ2n) is 5.80. The third-order valence-corrected chi connectivity index (χ3v) is 4.15. The number of nitrogens with one attached hydrogen (secondary N) is 1. The lowest BCUT2D eigenvalue weighted by Crippen LogP contribution is -2.24. The monoisotopic (exact) mass is 322 g/mol. The van der Waals surface area contributed by atoms with Crippen LogP contribution in [0.25, 0.3) is 10.9 Å². The van der Waals surface area contributed by atoms with E-state index in [2.05, 4.69) is 28.1 Å². The number of carbonyl (C=O) groups excluding carboxylic acids is 1. The number of amides is 1. The van der Waals surface area contributed by atoms with Gasteiger partial charge in [0.1, 0.15) is 0 Å². The smallest absolute Gasteiger partial charge is 0.222 e. The number of carbonyl (C=O) groups is 1. The second-order valence-corrected chi connectivity index (χ2v) is 5.80. The third kappa shape index (κ3) is 3.84. The maximum absolute atomic E-state index is 12.2. The molecular weight excluding hydrogens is 300 g/mol. The zero-order valence-corrected chi connectivity index (χ0v) is 13.9. The average Bonchev–Trinajstić information content (AvgIpc) is 3.03. The molecule has 0 saturated carbocycles. The summed E-state index contributed by atoms with van der Waals surface area (Å²) in [4.78, 5) is 12.2. The Morgan fingerprint density at radius 2 is 1.79 bits per heavy atom. The van der Waals surface area contributed by atoms with Crippen LogP contribution in [-0.2, 0) is 29.2 Å². The predicted molar refractivity (Wildman–Crippen MR) is 95.6 cm³/mol. The van der Waals surface area contributed by atoms with Crippen LogP contribution in [0.2, 0.25) is 0 Å². The van der Waals surface area contributed by atoms with Gasteiger partial charge in [-0.15, -0.1) is 0 Å². The quantitative estimate of drug-likeness (QED) is 0.723. The molecule has 4 nitrogen and oxygen atoms in total. The van der Waals surface area contributed by atoms with Crippen LogP contribution in [0, 0.1) is 0 Å². The van der Waals surface area contributed by atoms with Gasteiger partial charge in [-0.25, -0.2) is 0 Å². The molecule has 0 radical (unpaired) electrons. The van der Waals surface area contributed by atoms with Gasteiger partial charge in [-0.2, -0.15) is 0 Å². The van der Waals surface area contributed by atoms with E-state index < -0.39 is 0 Å². The molecule has 3 aromatic rings. The summed E-state index contributed by atoms with van der Waals surface area (Å²) in [5, 5.41) is 4.20. The Labute approximate surface area is 142 Å². The van der Waals surface area contributed by atoms with Gasteiger partial charge in [-0.1, -0.05) is 42.5 Å². The minimum Gasteiger partial charge on any atom is -0.380 e. The van der Waals surface area contributed by atoms with Crippen molar-refractivity contribution < 1.29 is 9.53 Å². The Bertz CT molecular complexity index is 823. The molecule has 0 atom stereocenters. The summed E-state index contributed by atoms with van der Waals surface area (Å²) in [6, 6.07) is 18.3. The molecule has 4 heteroatoms. The van der Waals surface area contributed by atoms with Crippen LogP contribution in [0.3, 0.4) is 0 Å². The molecule has 124 valence electrons. The van der Waals surface area contributed by atoms with Gasteiger partial charge in [0.05, 0.1) is 6.61 Å². The Hall–Kier alpha value is -2.59. The Kier molecular flexibility index (Phi) is 5.29. The summed E-state index contributed by atoms with van der Waals surface area (Å²) in [5.41, 5.74) is 3.37. The van der Waals surface area contributed by atoms with Crippen molar-refractivity contribution in [1.82, 2.24) is 9.88 Å². The number of aromatic nitrogens is 1. The molecule has 1 aromatic heterocycles. The molecule has 2 aromatic carbocycles. The van der Waals surface area contributed by atoms with E-state index in [9.17, 15) is 4.79 Å². The number of rotatable bonds is 7. The molecule has 3 rings (SSSR count). The maximum atomic E-state index is 12.2. The lowest BCUT2D eigenvalue weighted by molar-refractivity contribution is -0.121. The highest BCUT2D eigenvalue weighted by molar-refractivity contribution is 5.80. The number of para-hydroxylation sites is 1. The fourth-order valence-corrected chi connectivity index (χ4v) is 2.87. The molecule has 1 amide bonds. The Balaban J connectivity index is 1.55. The van der Waals surface area contributed by atoms with Crippen molar-refractivity contribution in [3.05, 3.63) is 71.9 Å². The molecule has 0 bridgehead atoms. The van der Waals surface area contributed by atoms with Crippen molar-refractivity contribution in [3.63, 3.8) is 0 Å². The molecular formula is C20H22N2O2. The van der Waals surface area contributed by atoms with Crippen LogP contribution in [0.15, 0.2) is 60.8 Å². The first-order valence-electron chi connectivity index (χ1n) is 8.14. The molecule has 1 N–H and O–H groups in total. The van der Waals surface area contributed by atoms with Gasteiger partial charge >= 0.3 is 0 Å². The number of fused-ring (bicyclic) bond motifs is 1. The number of nitrogens with zero attached hydrogens (tertiary/aromatic N) is 1. The topological polar surface area (TPSA) is 43.3 Å². The minimum atomic E-state index is 0.0556. The number of ether oxygens (including phenoxy) is 1. The third-order valence-electron chi connectivity index (χ3n) is 4.15. The zero-order chi connectivity index (χ0) is 16.8. The van der Waals surface area contributed by atoms with E-state index in [1.165, 1.54) is 5.39 Å². The highest BCUT2D eigenvalue weighted by Gasteiger charge is 2.06. The summed E-state index contributed by atoms with van der Waals surface area (Å²) in [6.07, 6.45) is 2.50. The lowest BCUT2D eigenvalue weighted by atomic mass is 10.1. The van der Waals surface area contributed by atoms with Crippen molar-refractivity contribution >= 4 is 16.8 Å². The van der Waals surface area contributed by atoms with Gasteiger partial charge in [0.15, 0.2) is 0 Å². The van der Waals surface area contributed by atoms with E-state index in [1.807, 2.05) is 42.6 Å². The molecule has 0 saturated heterocycles. The highest BCUT2D eigenvalue weighted by Crippen LogP contribution is 2.15. The average molecular weight is 322 g/mol. The van der Waals surface area contributed by atoms with Crippen molar-refractivity contribution in [3.8, 4) is 0 Å². The van der Waals surface area contributed by atoms with E-state index in [-0.39, 0.29) is 5.91 Å². The van der Waals surface area contributed by atoms with Crippen molar-refractivity contribution in [2.24, 2.45) is 0 Å². The van der Waals surface area contributed by atoms with E-state index >= 15 is 0 Å². The minimum absolute atomic E-state index is 0.0556. The fraction of sp³-hybridized carbons (Fsp3) is 0.250. The molecule has 1 heterocycles. The summed E-state index contributed by atoms with van der Waals surface area (Å²) >= 11 is 0. The lowest BCUT2D eigenvalue weighted by Gasteiger charge is -2.10. The zero-order valence-electron chi connectivity index (χ0n) is 13.9. The second kappa shape index (κ2) is 7.79. The van der Waals surface area contributed by atoms with Gasteiger partial charge in [0.25, 0.3) is 0 Å². The largest absolute Gasteiger partial charge is 0.380 e. The number of methoxy groups -OCH3 is 1. The number of hydrogen-bond donors (Lipinski definition) is 1. The van der Waals surface area contributed by atoms with E-state index in [0.29, 0.717) is 26.1 Å². The first kappa shape index (κ1) is 16.3. The molecule has 0 unspecified atom stereocenters. The normalized spacial score (nSPS) is 10.9. The van der Waals surface area contributed by atoms with Crippen LogP contribution in [-0.4, -0.2) is 17.6 Å². The van der Waals surface area contributed by atoms with Gasteiger partial charge in [0.2, 0.25) is 5.91 Å². The molecule has 0 fully saturated rings. The molecule has 0 aliphatic carbocycles. The Morgan fingerprint density at radius 1 is 1.04 bits per heavy atom. The van der Waals surface area contributed by atoms with Gasteiger partial charge in [0, 0.05) is 38.3 Å². The summed E-state index contributed by atoms with van der Waals surface area (Å²) < 4.78 is 7.32. The molecule has 24 heavy (non-hydrogen) atoms. The van der Waals surface area contributed by atoms with Gasteiger partial charge < -0.3 is 14.6 Å². The van der Waals surface area contributed by atoms with E-state index in [0.717, 1.165) is 16.6 Å². The molecule has 0 aliphatic rings. The van der Waals surface area contributed by atoms with Crippen molar-refractivity contribution in [1.29, 1.82) is 0 Å². The molecule has 0 aliphatic heterocycles.